The molecular formula is C19H21F3N2O2. The third-order valence-corrected chi connectivity index (χ3v) is 3.97. The number of nitrogens with two attached hydrogens (primary N) is 1. The third-order valence-electron chi connectivity index (χ3n) is 3.97. The van der Waals surface area contributed by atoms with Gasteiger partial charge in [0.1, 0.15) is 5.75 Å². The fourth-order valence-corrected chi connectivity index (χ4v) is 2.71. The van der Waals surface area contributed by atoms with Crippen molar-refractivity contribution in [2.75, 3.05) is 12.4 Å². The molecule has 0 radical (unpaired) electrons. The van der Waals surface area contributed by atoms with Crippen molar-refractivity contribution < 1.29 is 22.7 Å². The van der Waals surface area contributed by atoms with Gasteiger partial charge in [-0.25, -0.2) is 0 Å². The summed E-state index contributed by atoms with van der Waals surface area (Å²) in [6, 6.07) is 10.4. The maximum atomic E-state index is 13.0. The maximum Gasteiger partial charge on any atom is 0.416 e. The van der Waals surface area contributed by atoms with Gasteiger partial charge < -0.3 is 15.8 Å². The molecule has 2 aromatic carbocycles. The summed E-state index contributed by atoms with van der Waals surface area (Å²) < 4.78 is 44.0. The molecule has 0 saturated carbocycles. The number of hydrogen-bond acceptors (Lipinski definition) is 3. The summed E-state index contributed by atoms with van der Waals surface area (Å²) in [5.41, 5.74) is 6.18. The van der Waals surface area contributed by atoms with E-state index in [1.54, 1.807) is 24.3 Å². The Balaban J connectivity index is 2.34. The van der Waals surface area contributed by atoms with E-state index < -0.39 is 23.6 Å². The van der Waals surface area contributed by atoms with E-state index in [2.05, 4.69) is 5.32 Å². The molecule has 7 heteroatoms. The van der Waals surface area contributed by atoms with Crippen molar-refractivity contribution in [3.63, 3.8) is 0 Å². The fourth-order valence-electron chi connectivity index (χ4n) is 2.71. The molecule has 2 rings (SSSR count). The van der Waals surface area contributed by atoms with Crippen LogP contribution < -0.4 is 15.8 Å². The van der Waals surface area contributed by atoms with Crippen molar-refractivity contribution in [1.29, 1.82) is 0 Å². The zero-order chi connectivity index (χ0) is 19.3. The number of nitrogens with one attached hydrogen (secondary N) is 1. The molecular weight excluding hydrogens is 345 g/mol. The van der Waals surface area contributed by atoms with E-state index >= 15 is 0 Å². The highest BCUT2D eigenvalue weighted by Gasteiger charge is 2.31. The van der Waals surface area contributed by atoms with Crippen LogP contribution in [0.25, 0.3) is 0 Å². The molecule has 1 amide bonds. The van der Waals surface area contributed by atoms with Gasteiger partial charge in [0.05, 0.1) is 18.6 Å². The third kappa shape index (κ3) is 4.91. The summed E-state index contributed by atoms with van der Waals surface area (Å²) in [6.45, 7) is 1.95. The summed E-state index contributed by atoms with van der Waals surface area (Å²) in [5, 5.41) is 2.94. The topological polar surface area (TPSA) is 64.4 Å². The van der Waals surface area contributed by atoms with Crippen molar-refractivity contribution in [1.82, 2.24) is 0 Å². The lowest BCUT2D eigenvalue weighted by Gasteiger charge is -2.16. The first-order chi connectivity index (χ1) is 12.2. The zero-order valence-corrected chi connectivity index (χ0v) is 14.6. The Morgan fingerprint density at radius 3 is 2.50 bits per heavy atom. The number of amides is 1. The van der Waals surface area contributed by atoms with Gasteiger partial charge in [-0.3, -0.25) is 4.79 Å². The largest absolute Gasteiger partial charge is 0.497 e. The lowest BCUT2D eigenvalue weighted by atomic mass is 9.93. The quantitative estimate of drug-likeness (QED) is 0.738. The van der Waals surface area contributed by atoms with Gasteiger partial charge >= 0.3 is 6.18 Å². The molecule has 0 fully saturated rings. The van der Waals surface area contributed by atoms with Crippen molar-refractivity contribution in [2.45, 2.75) is 31.9 Å². The SMILES string of the molecule is CCCC(C(N)=O)c1cccc(Nc2cc(OC)cc(C(F)(F)F)c2)c1. The lowest BCUT2D eigenvalue weighted by molar-refractivity contribution is -0.137. The minimum atomic E-state index is -4.48. The minimum absolute atomic E-state index is 0.0967. The molecule has 0 bridgehead atoms. The molecule has 0 aromatic heterocycles. The maximum absolute atomic E-state index is 13.0. The van der Waals surface area contributed by atoms with E-state index in [1.807, 2.05) is 6.92 Å². The fraction of sp³-hybridized carbons (Fsp3) is 0.316. The normalized spacial score (nSPS) is 12.5. The van der Waals surface area contributed by atoms with Gasteiger partial charge in [0.15, 0.2) is 0 Å². The van der Waals surface area contributed by atoms with Gasteiger partial charge in [0, 0.05) is 17.4 Å². The molecule has 0 saturated heterocycles. The number of methoxy groups -OCH3 is 1. The summed E-state index contributed by atoms with van der Waals surface area (Å²) in [5.74, 6) is -0.762. The Bertz CT molecular complexity index is 776. The number of hydrogen-bond donors (Lipinski definition) is 2. The summed E-state index contributed by atoms with van der Waals surface area (Å²) in [7, 11) is 1.31. The van der Waals surface area contributed by atoms with Crippen LogP contribution in [0.5, 0.6) is 5.75 Å². The van der Waals surface area contributed by atoms with E-state index in [4.69, 9.17) is 10.5 Å². The van der Waals surface area contributed by atoms with Crippen LogP contribution >= 0.6 is 0 Å². The van der Waals surface area contributed by atoms with Gasteiger partial charge in [-0.2, -0.15) is 13.2 Å². The van der Waals surface area contributed by atoms with Crippen molar-refractivity contribution in [3.05, 3.63) is 53.6 Å². The first-order valence-electron chi connectivity index (χ1n) is 8.17. The number of halogens is 3. The highest BCUT2D eigenvalue weighted by molar-refractivity contribution is 5.82. The Morgan fingerprint density at radius 1 is 1.19 bits per heavy atom. The number of carbonyl (C=O) groups is 1. The van der Waals surface area contributed by atoms with Crippen LogP contribution in [0.1, 0.15) is 36.8 Å². The number of alkyl halides is 3. The van der Waals surface area contributed by atoms with Gasteiger partial charge in [-0.15, -0.1) is 0 Å². The van der Waals surface area contributed by atoms with Gasteiger partial charge in [-0.05, 0) is 36.2 Å². The standard InChI is InChI=1S/C19H21F3N2O2/c1-3-5-17(18(23)25)12-6-4-7-14(8-12)24-15-9-13(19(20,21)22)10-16(11-15)26-2/h4,6-11,17,24H,3,5H2,1-2H3,(H2,23,25). The monoisotopic (exact) mass is 366 g/mol. The molecule has 0 spiro atoms. The molecule has 3 N–H and O–H groups in total. The number of rotatable bonds is 7. The van der Waals surface area contributed by atoms with Crippen molar-refractivity contribution >= 4 is 17.3 Å². The molecule has 0 aliphatic heterocycles. The van der Waals surface area contributed by atoms with Crippen LogP contribution in [0.3, 0.4) is 0 Å². The Morgan fingerprint density at radius 2 is 1.92 bits per heavy atom. The van der Waals surface area contributed by atoms with E-state index in [0.29, 0.717) is 12.1 Å². The Kier molecular flexibility index (Phi) is 6.13. The second-order valence-electron chi connectivity index (χ2n) is 5.94. The molecule has 4 nitrogen and oxygen atoms in total. The number of benzene rings is 2. The van der Waals surface area contributed by atoms with Gasteiger partial charge in [0.25, 0.3) is 0 Å². The minimum Gasteiger partial charge on any atom is -0.497 e. The summed E-state index contributed by atoms with van der Waals surface area (Å²) >= 11 is 0. The molecule has 0 aliphatic rings. The first kappa shape index (κ1) is 19.6. The van der Waals surface area contributed by atoms with Crippen molar-refractivity contribution in [2.24, 2.45) is 5.73 Å². The van der Waals surface area contributed by atoms with Crippen LogP contribution in [0.2, 0.25) is 0 Å². The lowest BCUT2D eigenvalue weighted by Crippen LogP contribution is -2.21. The van der Waals surface area contributed by atoms with Gasteiger partial charge in [-0.1, -0.05) is 25.5 Å². The van der Waals surface area contributed by atoms with E-state index in [-0.39, 0.29) is 11.4 Å². The molecule has 0 aliphatic carbocycles. The van der Waals surface area contributed by atoms with E-state index in [1.165, 1.54) is 13.2 Å². The second kappa shape index (κ2) is 8.12. The molecule has 1 unspecified atom stereocenters. The molecule has 140 valence electrons. The number of anilines is 2. The smallest absolute Gasteiger partial charge is 0.416 e. The number of ether oxygens (including phenoxy) is 1. The van der Waals surface area contributed by atoms with Crippen LogP contribution in [0.15, 0.2) is 42.5 Å². The average molecular weight is 366 g/mol. The van der Waals surface area contributed by atoms with Gasteiger partial charge in [0.2, 0.25) is 5.91 Å². The first-order valence-corrected chi connectivity index (χ1v) is 8.17. The highest BCUT2D eigenvalue weighted by atomic mass is 19.4. The molecule has 1 atom stereocenters. The van der Waals surface area contributed by atoms with Crippen LogP contribution in [-0.2, 0) is 11.0 Å². The predicted molar refractivity (Wildman–Crippen MR) is 94.6 cm³/mol. The Labute approximate surface area is 150 Å². The summed E-state index contributed by atoms with van der Waals surface area (Å²) in [6.07, 6.45) is -3.09. The average Bonchev–Trinajstić information content (AvgIpc) is 2.58. The van der Waals surface area contributed by atoms with Crippen molar-refractivity contribution in [3.8, 4) is 5.75 Å². The van der Waals surface area contributed by atoms with Crippen LogP contribution in [0, 0.1) is 0 Å². The molecule has 2 aromatic rings. The van der Waals surface area contributed by atoms with Crippen LogP contribution in [0.4, 0.5) is 24.5 Å². The van der Waals surface area contributed by atoms with E-state index in [0.717, 1.165) is 24.1 Å². The number of carbonyl (C=O) groups excluding carboxylic acids is 1. The zero-order valence-electron chi connectivity index (χ0n) is 14.6. The predicted octanol–water partition coefficient (Wildman–Crippen LogP) is 4.83. The second-order valence-corrected chi connectivity index (χ2v) is 5.94. The highest BCUT2D eigenvalue weighted by Crippen LogP contribution is 2.35. The van der Waals surface area contributed by atoms with E-state index in [9.17, 15) is 18.0 Å². The Hall–Kier alpha value is -2.70. The number of primary amides is 1. The summed E-state index contributed by atoms with van der Waals surface area (Å²) in [4.78, 5) is 11.7. The van der Waals surface area contributed by atoms with Crippen LogP contribution in [-0.4, -0.2) is 13.0 Å². The molecule has 26 heavy (non-hydrogen) atoms. The molecule has 0 heterocycles.